The maximum atomic E-state index is 1.71. The van der Waals surface area contributed by atoms with Crippen LogP contribution in [-0.2, 0) is 0 Å². The Morgan fingerprint density at radius 2 is 0.722 bits per heavy atom. The zero-order valence-corrected chi connectivity index (χ0v) is 10.9. The maximum absolute atomic E-state index is 1.71. The molecule has 0 aromatic heterocycles. The zero-order chi connectivity index (χ0) is 10.9. The van der Waals surface area contributed by atoms with Crippen LogP contribution in [-0.4, -0.2) is 0 Å². The minimum Gasteiger partial charge on any atom is -0.0496 e. The van der Waals surface area contributed by atoms with Crippen LogP contribution in [0.2, 0.25) is 0 Å². The van der Waals surface area contributed by atoms with Gasteiger partial charge in [0, 0.05) is 0 Å². The molecule has 0 heteroatoms. The van der Waals surface area contributed by atoms with E-state index in [1.54, 1.807) is 25.7 Å². The van der Waals surface area contributed by atoms with E-state index in [1.165, 1.54) is 82.9 Å². The normalized spacial score (nSPS) is 89.3. The van der Waals surface area contributed by atoms with Crippen LogP contribution in [0.25, 0.3) is 0 Å². The lowest BCUT2D eigenvalue weighted by Gasteiger charge is -2.91. The second kappa shape index (κ2) is 2.06. The molecule has 0 aliphatic heterocycles. The third-order valence-electron chi connectivity index (χ3n) is 10.5. The summed E-state index contributed by atoms with van der Waals surface area (Å²) in [6, 6.07) is 0. The zero-order valence-electron chi connectivity index (χ0n) is 10.9. The molecule has 8 fully saturated rings. The average Bonchev–Trinajstić information content (AvgIpc) is 2.29. The molecule has 18 heavy (non-hydrogen) atoms. The van der Waals surface area contributed by atoms with E-state index in [-0.39, 0.29) is 0 Å². The summed E-state index contributed by atoms with van der Waals surface area (Å²) < 4.78 is 0. The Morgan fingerprint density at radius 3 is 1.17 bits per heavy atom. The van der Waals surface area contributed by atoms with Gasteiger partial charge in [-0.05, 0) is 109 Å². The van der Waals surface area contributed by atoms with Crippen LogP contribution in [0.4, 0.5) is 0 Å². The number of hydrogen-bond acceptors (Lipinski definition) is 0. The molecule has 8 aliphatic carbocycles. The number of rotatable bonds is 0. The summed E-state index contributed by atoms with van der Waals surface area (Å²) in [7, 11) is 0. The molecule has 0 bridgehead atoms. The summed E-state index contributed by atoms with van der Waals surface area (Å²) in [4.78, 5) is 0. The molecule has 8 saturated carbocycles. The van der Waals surface area contributed by atoms with Crippen LogP contribution in [0.15, 0.2) is 0 Å². The van der Waals surface area contributed by atoms with Gasteiger partial charge >= 0.3 is 0 Å². The van der Waals surface area contributed by atoms with Gasteiger partial charge in [-0.1, -0.05) is 0 Å². The van der Waals surface area contributed by atoms with Gasteiger partial charge in [-0.25, -0.2) is 0 Å². The third-order valence-corrected chi connectivity index (χ3v) is 10.5. The summed E-state index contributed by atoms with van der Waals surface area (Å²) >= 11 is 0. The van der Waals surface area contributed by atoms with Gasteiger partial charge in [0.05, 0.1) is 0 Å². The molecule has 0 saturated heterocycles. The van der Waals surface area contributed by atoms with E-state index in [1.807, 2.05) is 0 Å². The molecule has 0 N–H and O–H groups in total. The summed E-state index contributed by atoms with van der Waals surface area (Å²) in [5.74, 6) is 18.0. The Morgan fingerprint density at radius 1 is 0.333 bits per heavy atom. The van der Waals surface area contributed by atoms with Gasteiger partial charge in [-0.2, -0.15) is 0 Å². The predicted molar refractivity (Wildman–Crippen MR) is 67.3 cm³/mol. The highest BCUT2D eigenvalue weighted by molar-refractivity contribution is 5.33. The first-order valence-electron chi connectivity index (χ1n) is 8.95. The highest BCUT2D eigenvalue weighted by Crippen LogP contribution is 2.90. The quantitative estimate of drug-likeness (QED) is 0.607. The van der Waals surface area contributed by atoms with Crippen molar-refractivity contribution in [2.45, 2.75) is 25.7 Å². The molecular weight excluding hydrogens is 216 g/mol. The van der Waals surface area contributed by atoms with Crippen LogP contribution in [0, 0.1) is 82.9 Å². The smallest absolute Gasteiger partial charge is 0.0312 e. The van der Waals surface area contributed by atoms with Gasteiger partial charge in [0.1, 0.15) is 0 Å². The van der Waals surface area contributed by atoms with Gasteiger partial charge in [-0.15, -0.1) is 0 Å². The topological polar surface area (TPSA) is 0 Å². The van der Waals surface area contributed by atoms with Crippen molar-refractivity contribution in [3.63, 3.8) is 0 Å². The fourth-order valence-corrected chi connectivity index (χ4v) is 10.2. The Bertz CT molecular complexity index is 462. The molecule has 8 rings (SSSR count). The first-order valence-corrected chi connectivity index (χ1v) is 8.95. The molecule has 8 aliphatic rings. The molecule has 14 atom stereocenters. The van der Waals surface area contributed by atoms with Crippen molar-refractivity contribution in [1.29, 1.82) is 0 Å². The molecule has 0 spiro atoms. The Labute approximate surface area is 109 Å². The summed E-state index contributed by atoms with van der Waals surface area (Å²) in [5.41, 5.74) is 0. The standard InChI is InChI=1S/C18H22/c1-2-6-5(1)11-7-3-9-13(7)17-15(9)16-10-4-8(12(6)11)14(10)18(16)17/h5-18H,1-4H2. The molecule has 0 aromatic rings. The molecule has 94 valence electrons. The molecule has 0 nitrogen and oxygen atoms in total. The van der Waals surface area contributed by atoms with Crippen LogP contribution in [0.3, 0.4) is 0 Å². The molecule has 14 unspecified atom stereocenters. The lowest BCUT2D eigenvalue weighted by molar-refractivity contribution is -0.435. The van der Waals surface area contributed by atoms with Crippen molar-refractivity contribution < 1.29 is 0 Å². The number of hydrogen-bond donors (Lipinski definition) is 0. The predicted octanol–water partition coefficient (Wildman–Crippen LogP) is 3.28. The Hall–Kier alpha value is 0. The van der Waals surface area contributed by atoms with Crippen LogP contribution < -0.4 is 0 Å². The van der Waals surface area contributed by atoms with E-state index < -0.39 is 0 Å². The van der Waals surface area contributed by atoms with Crippen molar-refractivity contribution in [3.8, 4) is 0 Å². The van der Waals surface area contributed by atoms with E-state index >= 15 is 0 Å². The highest BCUT2D eigenvalue weighted by atomic mass is 14.9. The van der Waals surface area contributed by atoms with Crippen molar-refractivity contribution >= 4 is 0 Å². The minimum absolute atomic E-state index is 1.26. The summed E-state index contributed by atoms with van der Waals surface area (Å²) in [6.45, 7) is 0. The lowest BCUT2D eigenvalue weighted by atomic mass is 9.14. The van der Waals surface area contributed by atoms with Gasteiger partial charge in [-0.3, -0.25) is 0 Å². The average molecular weight is 238 g/mol. The van der Waals surface area contributed by atoms with Gasteiger partial charge in [0.25, 0.3) is 0 Å². The third kappa shape index (κ3) is 0.498. The van der Waals surface area contributed by atoms with E-state index in [0.717, 1.165) is 0 Å². The van der Waals surface area contributed by atoms with Crippen molar-refractivity contribution in [2.75, 3.05) is 0 Å². The monoisotopic (exact) mass is 238 g/mol. The van der Waals surface area contributed by atoms with Crippen LogP contribution in [0.5, 0.6) is 0 Å². The van der Waals surface area contributed by atoms with Gasteiger partial charge in [0.2, 0.25) is 0 Å². The van der Waals surface area contributed by atoms with Crippen molar-refractivity contribution in [1.82, 2.24) is 0 Å². The highest BCUT2D eigenvalue weighted by Gasteiger charge is 2.85. The molecular formula is C18H22. The maximum Gasteiger partial charge on any atom is -0.0312 e. The lowest BCUT2D eigenvalue weighted by Crippen LogP contribution is -2.86. The largest absolute Gasteiger partial charge is 0.0496 e. The molecule has 0 heterocycles. The fraction of sp³-hybridized carbons (Fsp3) is 1.00. The van der Waals surface area contributed by atoms with Crippen molar-refractivity contribution in [2.24, 2.45) is 82.9 Å². The van der Waals surface area contributed by atoms with Crippen LogP contribution in [0.1, 0.15) is 25.7 Å². The molecule has 0 radical (unpaired) electrons. The van der Waals surface area contributed by atoms with E-state index in [0.29, 0.717) is 0 Å². The first-order chi connectivity index (χ1) is 8.95. The van der Waals surface area contributed by atoms with E-state index in [9.17, 15) is 0 Å². The molecule has 0 aromatic carbocycles. The summed E-state index contributed by atoms with van der Waals surface area (Å²) in [6.07, 6.45) is 6.70. The minimum atomic E-state index is 1.26. The Kier molecular flexibility index (Phi) is 0.951. The van der Waals surface area contributed by atoms with Crippen LogP contribution >= 0.6 is 0 Å². The van der Waals surface area contributed by atoms with E-state index in [2.05, 4.69) is 0 Å². The SMILES string of the molecule is C1CC2C1C1C3CC4C3C3C4C4C5CC(C21)C5C43. The van der Waals surface area contributed by atoms with E-state index in [4.69, 9.17) is 0 Å². The molecule has 0 amide bonds. The van der Waals surface area contributed by atoms with Gasteiger partial charge < -0.3 is 0 Å². The first kappa shape index (κ1) is 8.32. The fourth-order valence-electron chi connectivity index (χ4n) is 10.2. The second-order valence-corrected chi connectivity index (χ2v) is 9.65. The Balaban J connectivity index is 1.32. The van der Waals surface area contributed by atoms with Crippen molar-refractivity contribution in [3.05, 3.63) is 0 Å². The summed E-state index contributed by atoms with van der Waals surface area (Å²) in [5, 5.41) is 0. The van der Waals surface area contributed by atoms with Gasteiger partial charge in [0.15, 0.2) is 0 Å². The second-order valence-electron chi connectivity index (χ2n) is 9.65. The number of fused-ring (bicyclic) bond motifs is 9.